The first kappa shape index (κ1) is 8.50. The van der Waals surface area contributed by atoms with Crippen molar-refractivity contribution in [1.82, 2.24) is 10.2 Å². The van der Waals surface area contributed by atoms with Gasteiger partial charge in [-0.2, -0.15) is 0 Å². The fourth-order valence-electron chi connectivity index (χ4n) is 1.10. The Morgan fingerprint density at radius 2 is 2.46 bits per heavy atom. The largest absolute Gasteiger partial charge is 0.415 e. The molecule has 1 aliphatic rings. The summed E-state index contributed by atoms with van der Waals surface area (Å²) in [5.74, 6) is 0.873. The quantitative estimate of drug-likeness (QED) is 0.676. The van der Waals surface area contributed by atoms with Crippen LogP contribution in [0.5, 0.6) is 0 Å². The van der Waals surface area contributed by atoms with Crippen LogP contribution in [0.25, 0.3) is 0 Å². The Morgan fingerprint density at radius 3 is 3.08 bits per heavy atom. The van der Waals surface area contributed by atoms with E-state index in [2.05, 4.69) is 15.2 Å². The van der Waals surface area contributed by atoms with Crippen LogP contribution in [0, 0.1) is 0 Å². The van der Waals surface area contributed by atoms with Gasteiger partial charge in [0.2, 0.25) is 5.89 Å². The van der Waals surface area contributed by atoms with E-state index in [1.54, 1.807) is 6.20 Å². The molecule has 0 N–H and O–H groups in total. The van der Waals surface area contributed by atoms with Gasteiger partial charge in [0.05, 0.1) is 5.92 Å². The van der Waals surface area contributed by atoms with Crippen LogP contribution < -0.4 is 0 Å². The minimum absolute atomic E-state index is 0.200. The van der Waals surface area contributed by atoms with Crippen LogP contribution >= 0.6 is 11.8 Å². The summed E-state index contributed by atoms with van der Waals surface area (Å²) < 4.78 is 5.40. The van der Waals surface area contributed by atoms with Gasteiger partial charge in [-0.25, -0.2) is 0 Å². The Bertz CT molecular complexity index is 345. The summed E-state index contributed by atoms with van der Waals surface area (Å²) in [5, 5.41) is 8.45. The van der Waals surface area contributed by atoms with Gasteiger partial charge in [-0.3, -0.25) is 4.99 Å². The Hall–Kier alpha value is -1.10. The topological polar surface area (TPSA) is 51.3 Å². The second-order valence-corrected chi connectivity index (χ2v) is 3.38. The van der Waals surface area contributed by atoms with Gasteiger partial charge in [0, 0.05) is 12.4 Å². The monoisotopic (exact) mass is 195 g/mol. The second-order valence-electron chi connectivity index (χ2n) is 2.63. The molecule has 13 heavy (non-hydrogen) atoms. The fraction of sp³-hybridized carbons (Fsp3) is 0.375. The molecule has 1 unspecified atom stereocenters. The molecule has 2 heterocycles. The first-order chi connectivity index (χ1) is 6.40. The molecule has 2 rings (SSSR count). The number of hydrogen-bond acceptors (Lipinski definition) is 5. The molecule has 1 aliphatic heterocycles. The lowest BCUT2D eigenvalue weighted by Crippen LogP contribution is -1.99. The molecule has 0 saturated heterocycles. The van der Waals surface area contributed by atoms with E-state index in [1.165, 1.54) is 11.8 Å². The summed E-state index contributed by atoms with van der Waals surface area (Å²) in [4.78, 5) is 3.98. The maximum atomic E-state index is 5.40. The van der Waals surface area contributed by atoms with Crippen LogP contribution in [0.4, 0.5) is 0 Å². The molecule has 1 atom stereocenters. The van der Waals surface area contributed by atoms with E-state index < -0.39 is 0 Å². The van der Waals surface area contributed by atoms with Crippen molar-refractivity contribution in [3.8, 4) is 0 Å². The first-order valence-corrected chi connectivity index (χ1v) is 5.18. The van der Waals surface area contributed by atoms with Crippen molar-refractivity contribution in [3.63, 3.8) is 0 Å². The molecule has 0 spiro atoms. The molecule has 0 amide bonds. The number of thioether (sulfide) groups is 1. The summed E-state index contributed by atoms with van der Waals surface area (Å²) in [6.45, 7) is 0. The SMILES string of the molecule is CSc1nnc(C2C=CN=CC2)o1. The smallest absolute Gasteiger partial charge is 0.276 e. The van der Waals surface area contributed by atoms with Gasteiger partial charge in [-0.05, 0) is 12.7 Å². The van der Waals surface area contributed by atoms with Gasteiger partial charge in [-0.1, -0.05) is 17.8 Å². The van der Waals surface area contributed by atoms with Crippen molar-refractivity contribution >= 4 is 18.0 Å². The maximum absolute atomic E-state index is 5.40. The number of allylic oxidation sites excluding steroid dienone is 1. The number of aromatic nitrogens is 2. The zero-order valence-corrected chi connectivity index (χ0v) is 7.99. The summed E-state index contributed by atoms with van der Waals surface area (Å²) in [6.07, 6.45) is 8.34. The molecule has 0 aliphatic carbocycles. The maximum Gasteiger partial charge on any atom is 0.276 e. The fourth-order valence-corrected chi connectivity index (χ4v) is 1.39. The summed E-state index contributed by atoms with van der Waals surface area (Å²) in [6, 6.07) is 0. The van der Waals surface area contributed by atoms with Gasteiger partial charge in [0.15, 0.2) is 0 Å². The van der Waals surface area contributed by atoms with Crippen LogP contribution in [0.15, 0.2) is 26.9 Å². The zero-order chi connectivity index (χ0) is 9.10. The standard InChI is InChI=1S/C8H9N3OS/c1-13-8-11-10-7(12-8)6-2-4-9-5-3-6/h2,4-6H,3H2,1H3. The molecule has 0 saturated carbocycles. The van der Waals surface area contributed by atoms with Crippen LogP contribution in [0.2, 0.25) is 0 Å². The van der Waals surface area contributed by atoms with E-state index >= 15 is 0 Å². The molecule has 0 fully saturated rings. The Labute approximate surface area is 80.1 Å². The van der Waals surface area contributed by atoms with Gasteiger partial charge in [-0.15, -0.1) is 10.2 Å². The highest BCUT2D eigenvalue weighted by Gasteiger charge is 2.15. The van der Waals surface area contributed by atoms with E-state index in [-0.39, 0.29) is 5.92 Å². The van der Waals surface area contributed by atoms with Crippen LogP contribution in [-0.4, -0.2) is 22.7 Å². The van der Waals surface area contributed by atoms with Crippen molar-refractivity contribution in [2.75, 3.05) is 6.26 Å². The molecule has 0 radical (unpaired) electrons. The highest BCUT2D eigenvalue weighted by Crippen LogP contribution is 2.23. The van der Waals surface area contributed by atoms with E-state index in [4.69, 9.17) is 4.42 Å². The van der Waals surface area contributed by atoms with Gasteiger partial charge in [0.25, 0.3) is 5.22 Å². The highest BCUT2D eigenvalue weighted by molar-refractivity contribution is 7.98. The predicted octanol–water partition coefficient (Wildman–Crippen LogP) is 1.86. The molecular weight excluding hydrogens is 186 g/mol. The lowest BCUT2D eigenvalue weighted by molar-refractivity contribution is 0.403. The molecule has 4 nitrogen and oxygen atoms in total. The summed E-state index contributed by atoms with van der Waals surface area (Å²) in [5.41, 5.74) is 0. The number of aliphatic imine (C=N–C) groups is 1. The third kappa shape index (κ3) is 1.80. The summed E-state index contributed by atoms with van der Waals surface area (Å²) in [7, 11) is 0. The van der Waals surface area contributed by atoms with Crippen molar-refractivity contribution < 1.29 is 4.42 Å². The normalized spacial score (nSPS) is 20.8. The number of rotatable bonds is 2. The minimum Gasteiger partial charge on any atom is -0.415 e. The number of hydrogen-bond donors (Lipinski definition) is 0. The van der Waals surface area contributed by atoms with Crippen LogP contribution in [-0.2, 0) is 0 Å². The molecule has 1 aromatic heterocycles. The van der Waals surface area contributed by atoms with Crippen molar-refractivity contribution in [3.05, 3.63) is 18.2 Å². The van der Waals surface area contributed by atoms with E-state index in [9.17, 15) is 0 Å². The third-order valence-electron chi connectivity index (χ3n) is 1.78. The highest BCUT2D eigenvalue weighted by atomic mass is 32.2. The summed E-state index contributed by atoms with van der Waals surface area (Å²) >= 11 is 1.46. The first-order valence-electron chi connectivity index (χ1n) is 3.96. The van der Waals surface area contributed by atoms with Crippen molar-refractivity contribution in [2.24, 2.45) is 4.99 Å². The van der Waals surface area contributed by atoms with Gasteiger partial charge < -0.3 is 4.42 Å². The van der Waals surface area contributed by atoms with Crippen molar-refractivity contribution in [2.45, 2.75) is 17.6 Å². The van der Waals surface area contributed by atoms with Crippen molar-refractivity contribution in [1.29, 1.82) is 0 Å². The van der Waals surface area contributed by atoms with Gasteiger partial charge in [0.1, 0.15) is 0 Å². The van der Waals surface area contributed by atoms with Crippen LogP contribution in [0.1, 0.15) is 18.2 Å². The molecule has 0 bridgehead atoms. The van der Waals surface area contributed by atoms with E-state index in [0.717, 1.165) is 6.42 Å². The molecular formula is C8H9N3OS. The Balaban J connectivity index is 2.16. The predicted molar refractivity (Wildman–Crippen MR) is 51.1 cm³/mol. The molecule has 1 aromatic rings. The molecule has 68 valence electrons. The van der Waals surface area contributed by atoms with Crippen LogP contribution in [0.3, 0.4) is 0 Å². The zero-order valence-electron chi connectivity index (χ0n) is 7.17. The third-order valence-corrected chi connectivity index (χ3v) is 2.30. The lowest BCUT2D eigenvalue weighted by Gasteiger charge is -2.05. The lowest BCUT2D eigenvalue weighted by atomic mass is 10.1. The number of nitrogens with zero attached hydrogens (tertiary/aromatic N) is 3. The van der Waals surface area contributed by atoms with Gasteiger partial charge >= 0.3 is 0 Å². The molecule has 0 aromatic carbocycles. The Kier molecular flexibility index (Phi) is 2.44. The second kappa shape index (κ2) is 3.74. The average Bonchev–Trinajstić information content (AvgIpc) is 2.67. The average molecular weight is 195 g/mol. The van der Waals surface area contributed by atoms with E-state index in [0.29, 0.717) is 11.1 Å². The Morgan fingerprint density at radius 1 is 1.54 bits per heavy atom. The minimum atomic E-state index is 0.200. The molecule has 5 heteroatoms. The van der Waals surface area contributed by atoms with E-state index in [1.807, 2.05) is 18.5 Å².